The molecule has 24 heavy (non-hydrogen) atoms. The fourth-order valence-electron chi connectivity index (χ4n) is 2.05. The van der Waals surface area contributed by atoms with E-state index in [2.05, 4.69) is 15.5 Å². The minimum Gasteiger partial charge on any atom is -0.489 e. The van der Waals surface area contributed by atoms with Gasteiger partial charge in [-0.2, -0.15) is 5.10 Å². The summed E-state index contributed by atoms with van der Waals surface area (Å²) in [6.45, 7) is 2.30. The van der Waals surface area contributed by atoms with Crippen molar-refractivity contribution in [3.8, 4) is 5.75 Å². The van der Waals surface area contributed by atoms with Crippen LogP contribution in [0.3, 0.4) is 0 Å². The molecule has 1 N–H and O–H groups in total. The molecule has 1 heterocycles. The van der Waals surface area contributed by atoms with Gasteiger partial charge in [0.25, 0.3) is 0 Å². The summed E-state index contributed by atoms with van der Waals surface area (Å²) >= 11 is 1.51. The second-order valence-electron chi connectivity index (χ2n) is 5.16. The number of nitrogens with one attached hydrogen (secondary N) is 1. The van der Waals surface area contributed by atoms with Gasteiger partial charge in [0, 0.05) is 11.4 Å². The molecule has 0 spiro atoms. The van der Waals surface area contributed by atoms with Gasteiger partial charge in [0.15, 0.2) is 0 Å². The predicted molar refractivity (Wildman–Crippen MR) is 95.2 cm³/mol. The highest BCUT2D eigenvalue weighted by Crippen LogP contribution is 2.15. The molecule has 3 rings (SSSR count). The van der Waals surface area contributed by atoms with Crippen LogP contribution in [0.5, 0.6) is 5.75 Å². The lowest BCUT2D eigenvalue weighted by molar-refractivity contribution is 0.304. The van der Waals surface area contributed by atoms with Crippen LogP contribution in [0, 0.1) is 12.7 Å². The molecule has 0 saturated carbocycles. The van der Waals surface area contributed by atoms with Gasteiger partial charge in [0.05, 0.1) is 11.9 Å². The topological polar surface area (TPSA) is 46.5 Å². The normalized spacial score (nSPS) is 10.9. The van der Waals surface area contributed by atoms with Gasteiger partial charge < -0.3 is 4.74 Å². The Kier molecular flexibility index (Phi) is 5.18. The third-order valence-electron chi connectivity index (χ3n) is 3.15. The zero-order valence-electron chi connectivity index (χ0n) is 13.1. The fraction of sp³-hybridized carbons (Fsp3) is 0.111. The molecule has 0 fully saturated rings. The van der Waals surface area contributed by atoms with Crippen LogP contribution in [0.25, 0.3) is 0 Å². The maximum absolute atomic E-state index is 13.1. The second-order valence-corrected chi connectivity index (χ2v) is 6.01. The predicted octanol–water partition coefficient (Wildman–Crippen LogP) is 4.62. The van der Waals surface area contributed by atoms with E-state index in [1.807, 2.05) is 36.6 Å². The maximum Gasteiger partial charge on any atom is 0.203 e. The Morgan fingerprint density at radius 1 is 1.25 bits per heavy atom. The number of aryl methyl sites for hydroxylation is 1. The van der Waals surface area contributed by atoms with Gasteiger partial charge in [-0.3, -0.25) is 5.43 Å². The molecule has 4 nitrogen and oxygen atoms in total. The first kappa shape index (κ1) is 16.1. The Morgan fingerprint density at radius 3 is 2.92 bits per heavy atom. The number of anilines is 1. The largest absolute Gasteiger partial charge is 0.489 e. The van der Waals surface area contributed by atoms with E-state index in [9.17, 15) is 4.39 Å². The molecule has 0 unspecified atom stereocenters. The quantitative estimate of drug-likeness (QED) is 0.526. The number of hydrogen-bond donors (Lipinski definition) is 1. The molecule has 0 radical (unpaired) electrons. The van der Waals surface area contributed by atoms with Crippen LogP contribution in [0.15, 0.2) is 59.0 Å². The van der Waals surface area contributed by atoms with E-state index < -0.39 is 0 Å². The number of ether oxygens (including phenoxy) is 1. The summed E-state index contributed by atoms with van der Waals surface area (Å²) in [6, 6.07) is 13.9. The Hall–Kier alpha value is -2.73. The molecule has 6 heteroatoms. The smallest absolute Gasteiger partial charge is 0.203 e. The number of hydrazone groups is 1. The van der Waals surface area contributed by atoms with Crippen LogP contribution >= 0.6 is 11.3 Å². The zero-order valence-corrected chi connectivity index (χ0v) is 13.9. The first-order valence-corrected chi connectivity index (χ1v) is 8.25. The highest BCUT2D eigenvalue weighted by Gasteiger charge is 1.99. The van der Waals surface area contributed by atoms with Gasteiger partial charge in [-0.25, -0.2) is 9.37 Å². The molecule has 3 aromatic rings. The van der Waals surface area contributed by atoms with E-state index in [4.69, 9.17) is 4.74 Å². The third kappa shape index (κ3) is 4.63. The minimum absolute atomic E-state index is 0.308. The Labute approximate surface area is 143 Å². The maximum atomic E-state index is 13.1. The first-order valence-electron chi connectivity index (χ1n) is 7.37. The molecule has 0 amide bonds. The third-order valence-corrected chi connectivity index (χ3v) is 4.01. The average molecular weight is 341 g/mol. The van der Waals surface area contributed by atoms with E-state index in [1.54, 1.807) is 18.3 Å². The lowest BCUT2D eigenvalue weighted by Gasteiger charge is -2.06. The monoisotopic (exact) mass is 341 g/mol. The van der Waals surface area contributed by atoms with Crippen molar-refractivity contribution >= 4 is 22.7 Å². The van der Waals surface area contributed by atoms with Gasteiger partial charge in [0.1, 0.15) is 18.2 Å². The summed E-state index contributed by atoms with van der Waals surface area (Å²) in [4.78, 5) is 4.27. The van der Waals surface area contributed by atoms with Crippen LogP contribution in [0.1, 0.15) is 16.8 Å². The molecule has 1 aromatic heterocycles. The lowest BCUT2D eigenvalue weighted by atomic mass is 10.1. The number of nitrogens with zero attached hydrogens (tertiary/aromatic N) is 2. The molecule has 2 aromatic carbocycles. The highest BCUT2D eigenvalue weighted by molar-refractivity contribution is 7.13. The number of halogens is 1. The number of thiazole rings is 1. The summed E-state index contributed by atoms with van der Waals surface area (Å²) in [5.74, 6) is 0.201. The second kappa shape index (κ2) is 7.70. The minimum atomic E-state index is -0.308. The molecular formula is C18H16FN3OS. The lowest BCUT2D eigenvalue weighted by Crippen LogP contribution is -1.97. The van der Waals surface area contributed by atoms with E-state index in [1.165, 1.54) is 23.5 Å². The van der Waals surface area contributed by atoms with Crippen molar-refractivity contribution < 1.29 is 9.13 Å². The van der Waals surface area contributed by atoms with Crippen molar-refractivity contribution in [2.24, 2.45) is 5.10 Å². The standard InChI is InChI=1S/C18H16FN3OS/c1-13-12-24-18(21-13)22-20-10-14-4-2-5-15(8-14)11-23-17-7-3-6-16(19)9-17/h2-10,12H,11H2,1H3,(H,21,22). The number of hydrogen-bond acceptors (Lipinski definition) is 5. The molecule has 0 aliphatic heterocycles. The van der Waals surface area contributed by atoms with Gasteiger partial charge in [-0.05, 0) is 36.2 Å². The van der Waals surface area contributed by atoms with E-state index >= 15 is 0 Å². The summed E-state index contributed by atoms with van der Waals surface area (Å²) in [5, 5.41) is 6.90. The fourth-order valence-corrected chi connectivity index (χ4v) is 2.69. The SMILES string of the molecule is Cc1csc(NN=Cc2cccc(COc3cccc(F)c3)c2)n1. The molecule has 0 aliphatic carbocycles. The zero-order chi connectivity index (χ0) is 16.8. The van der Waals surface area contributed by atoms with Crippen molar-refractivity contribution in [3.63, 3.8) is 0 Å². The first-order chi connectivity index (χ1) is 11.7. The van der Waals surface area contributed by atoms with Crippen molar-refractivity contribution in [2.45, 2.75) is 13.5 Å². The number of aromatic nitrogens is 1. The highest BCUT2D eigenvalue weighted by atomic mass is 32.1. The summed E-state index contributed by atoms with van der Waals surface area (Å²) in [6.07, 6.45) is 1.72. The van der Waals surface area contributed by atoms with Gasteiger partial charge in [0.2, 0.25) is 5.13 Å². The average Bonchev–Trinajstić information content (AvgIpc) is 2.99. The molecule has 0 saturated heterocycles. The summed E-state index contributed by atoms with van der Waals surface area (Å²) in [5.41, 5.74) is 5.79. The van der Waals surface area contributed by atoms with Gasteiger partial charge in [-0.1, -0.05) is 24.3 Å². The van der Waals surface area contributed by atoms with Crippen molar-refractivity contribution in [1.82, 2.24) is 4.98 Å². The summed E-state index contributed by atoms with van der Waals surface area (Å²) < 4.78 is 18.7. The molecular weight excluding hydrogens is 325 g/mol. The van der Waals surface area contributed by atoms with Crippen molar-refractivity contribution in [3.05, 3.63) is 76.5 Å². The van der Waals surface area contributed by atoms with Gasteiger partial charge >= 0.3 is 0 Å². The van der Waals surface area contributed by atoms with E-state index in [-0.39, 0.29) is 5.82 Å². The Bertz CT molecular complexity index is 848. The van der Waals surface area contributed by atoms with Crippen LogP contribution < -0.4 is 10.2 Å². The Balaban J connectivity index is 1.59. The van der Waals surface area contributed by atoms with Crippen molar-refractivity contribution in [2.75, 3.05) is 5.43 Å². The van der Waals surface area contributed by atoms with Gasteiger partial charge in [-0.15, -0.1) is 11.3 Å². The number of rotatable bonds is 6. The van der Waals surface area contributed by atoms with Crippen LogP contribution in [-0.4, -0.2) is 11.2 Å². The van der Waals surface area contributed by atoms with Crippen LogP contribution in [0.4, 0.5) is 9.52 Å². The van der Waals surface area contributed by atoms with E-state index in [0.29, 0.717) is 12.4 Å². The molecule has 0 atom stereocenters. The van der Waals surface area contributed by atoms with Crippen LogP contribution in [-0.2, 0) is 6.61 Å². The van der Waals surface area contributed by atoms with Crippen LogP contribution in [0.2, 0.25) is 0 Å². The van der Waals surface area contributed by atoms with E-state index in [0.717, 1.165) is 22.0 Å². The Morgan fingerprint density at radius 2 is 2.12 bits per heavy atom. The van der Waals surface area contributed by atoms with Crippen molar-refractivity contribution in [1.29, 1.82) is 0 Å². The molecule has 0 bridgehead atoms. The molecule has 0 aliphatic rings. The summed E-state index contributed by atoms with van der Waals surface area (Å²) in [7, 11) is 0. The molecule has 122 valence electrons. The number of benzene rings is 2.